The van der Waals surface area contributed by atoms with E-state index in [4.69, 9.17) is 4.42 Å². The Kier molecular flexibility index (Phi) is 6.14. The lowest BCUT2D eigenvalue weighted by atomic mass is 10.1. The molecule has 0 aromatic carbocycles. The molecule has 0 aliphatic heterocycles. The van der Waals surface area contributed by atoms with Crippen LogP contribution in [0, 0.1) is 0 Å². The summed E-state index contributed by atoms with van der Waals surface area (Å²) in [6, 6.07) is 0.493. The Hall–Kier alpha value is -1.63. The van der Waals surface area contributed by atoms with Gasteiger partial charge >= 0.3 is 6.01 Å². The molecule has 0 atom stereocenters. The average molecular weight is 297 g/mol. The molecule has 0 saturated heterocycles. The van der Waals surface area contributed by atoms with Crippen molar-refractivity contribution < 1.29 is 9.21 Å². The van der Waals surface area contributed by atoms with E-state index in [1.54, 1.807) is 4.90 Å². The third kappa shape index (κ3) is 6.57. The molecule has 0 radical (unpaired) electrons. The number of aromatic nitrogens is 2. The van der Waals surface area contributed by atoms with Crippen LogP contribution in [0.1, 0.15) is 47.4 Å². The predicted molar refractivity (Wildman–Crippen MR) is 82.1 cm³/mol. The maximum Gasteiger partial charge on any atom is 0.318 e. The quantitative estimate of drug-likeness (QED) is 0.789. The van der Waals surface area contributed by atoms with Gasteiger partial charge in [0.05, 0.1) is 6.54 Å². The fourth-order valence-corrected chi connectivity index (χ4v) is 1.64. The number of nitrogens with one attached hydrogen (secondary N) is 2. The van der Waals surface area contributed by atoms with Crippen molar-refractivity contribution in [1.82, 2.24) is 20.8 Å². The van der Waals surface area contributed by atoms with E-state index >= 15 is 0 Å². The highest BCUT2D eigenvalue weighted by Gasteiger charge is 2.17. The van der Waals surface area contributed by atoms with Crippen molar-refractivity contribution in [3.05, 3.63) is 5.89 Å². The molecular formula is C14H27N5O2. The van der Waals surface area contributed by atoms with Gasteiger partial charge in [-0.15, -0.1) is 5.10 Å². The van der Waals surface area contributed by atoms with Crippen molar-refractivity contribution in [2.75, 3.05) is 18.0 Å². The number of hydrogen-bond acceptors (Lipinski definition) is 6. The van der Waals surface area contributed by atoms with Gasteiger partial charge in [0.2, 0.25) is 11.8 Å². The smallest absolute Gasteiger partial charge is 0.318 e. The second kappa shape index (κ2) is 7.40. The van der Waals surface area contributed by atoms with Crippen LogP contribution in [-0.4, -0.2) is 40.8 Å². The Balaban J connectivity index is 2.61. The SMILES string of the molecule is CCN(CC(=O)NC(C)C)c1nnc(CNC(C)(C)C)o1. The maximum absolute atomic E-state index is 11.8. The zero-order valence-corrected chi connectivity index (χ0v) is 13.9. The molecule has 0 fully saturated rings. The molecule has 0 spiro atoms. The number of hydrogen-bond donors (Lipinski definition) is 2. The zero-order chi connectivity index (χ0) is 16.0. The molecule has 21 heavy (non-hydrogen) atoms. The monoisotopic (exact) mass is 297 g/mol. The molecule has 1 rings (SSSR count). The van der Waals surface area contributed by atoms with Gasteiger partial charge in [0.15, 0.2) is 0 Å². The van der Waals surface area contributed by atoms with Gasteiger partial charge in [-0.25, -0.2) is 0 Å². The molecule has 0 aliphatic carbocycles. The van der Waals surface area contributed by atoms with Gasteiger partial charge < -0.3 is 20.0 Å². The molecule has 2 N–H and O–H groups in total. The Bertz CT molecular complexity index is 450. The number of likely N-dealkylation sites (N-methyl/N-ethyl adjacent to an activating group) is 1. The first-order valence-electron chi connectivity index (χ1n) is 7.33. The van der Waals surface area contributed by atoms with Crippen molar-refractivity contribution in [2.24, 2.45) is 0 Å². The first-order chi connectivity index (χ1) is 9.71. The van der Waals surface area contributed by atoms with Crippen LogP contribution in [0.2, 0.25) is 0 Å². The van der Waals surface area contributed by atoms with Crippen LogP contribution in [-0.2, 0) is 11.3 Å². The van der Waals surface area contributed by atoms with Crippen molar-refractivity contribution in [3.8, 4) is 0 Å². The van der Waals surface area contributed by atoms with Gasteiger partial charge in [0, 0.05) is 18.1 Å². The summed E-state index contributed by atoms with van der Waals surface area (Å²) in [5.74, 6) is 0.460. The van der Waals surface area contributed by atoms with Crippen molar-refractivity contribution >= 4 is 11.9 Å². The molecule has 1 heterocycles. The molecule has 0 unspecified atom stereocenters. The minimum absolute atomic E-state index is 0.0176. The Labute approximate surface area is 126 Å². The van der Waals surface area contributed by atoms with Gasteiger partial charge in [0.25, 0.3) is 0 Å². The van der Waals surface area contributed by atoms with Gasteiger partial charge in [0.1, 0.15) is 6.54 Å². The molecule has 7 nitrogen and oxygen atoms in total. The highest BCUT2D eigenvalue weighted by Crippen LogP contribution is 2.12. The zero-order valence-electron chi connectivity index (χ0n) is 13.9. The van der Waals surface area contributed by atoms with Crippen molar-refractivity contribution in [1.29, 1.82) is 0 Å². The summed E-state index contributed by atoms with van der Waals surface area (Å²) >= 11 is 0. The third-order valence-corrected chi connectivity index (χ3v) is 2.66. The normalized spacial score (nSPS) is 11.8. The summed E-state index contributed by atoms with van der Waals surface area (Å²) in [7, 11) is 0. The Morgan fingerprint density at radius 1 is 1.33 bits per heavy atom. The van der Waals surface area contributed by atoms with Gasteiger partial charge in [-0.05, 0) is 41.5 Å². The molecule has 0 saturated carbocycles. The number of carbonyl (C=O) groups excluding carboxylic acids is 1. The minimum atomic E-state index is -0.0561. The lowest BCUT2D eigenvalue weighted by molar-refractivity contribution is -0.120. The fraction of sp³-hybridized carbons (Fsp3) is 0.786. The topological polar surface area (TPSA) is 83.3 Å². The number of carbonyl (C=O) groups is 1. The van der Waals surface area contributed by atoms with E-state index in [-0.39, 0.29) is 24.0 Å². The van der Waals surface area contributed by atoms with E-state index in [9.17, 15) is 4.79 Å². The number of amides is 1. The molecular weight excluding hydrogens is 270 g/mol. The summed E-state index contributed by atoms with van der Waals surface area (Å²) in [6.45, 7) is 13.3. The first kappa shape index (κ1) is 17.4. The molecule has 7 heteroatoms. The van der Waals surface area contributed by atoms with E-state index in [0.29, 0.717) is 25.0 Å². The summed E-state index contributed by atoms with van der Waals surface area (Å²) < 4.78 is 5.60. The Morgan fingerprint density at radius 3 is 2.52 bits per heavy atom. The van der Waals surface area contributed by atoms with Crippen LogP contribution < -0.4 is 15.5 Å². The number of rotatable bonds is 7. The molecule has 0 aliphatic rings. The molecule has 1 aromatic rings. The summed E-state index contributed by atoms with van der Waals surface area (Å²) in [5, 5.41) is 14.1. The largest absolute Gasteiger partial charge is 0.407 e. The van der Waals surface area contributed by atoms with Crippen molar-refractivity contribution in [2.45, 2.75) is 59.7 Å². The van der Waals surface area contributed by atoms with Crippen LogP contribution in [0.5, 0.6) is 0 Å². The van der Waals surface area contributed by atoms with Gasteiger partial charge in [-0.1, -0.05) is 5.10 Å². The highest BCUT2D eigenvalue weighted by atomic mass is 16.4. The second-order valence-electron chi connectivity index (χ2n) is 6.32. The first-order valence-corrected chi connectivity index (χ1v) is 7.33. The molecule has 1 aromatic heterocycles. The minimum Gasteiger partial charge on any atom is -0.407 e. The fourth-order valence-electron chi connectivity index (χ4n) is 1.64. The Morgan fingerprint density at radius 2 is 2.00 bits per heavy atom. The van der Waals surface area contributed by atoms with E-state index < -0.39 is 0 Å². The molecule has 1 amide bonds. The van der Waals surface area contributed by atoms with Crippen LogP contribution >= 0.6 is 0 Å². The van der Waals surface area contributed by atoms with E-state index in [0.717, 1.165) is 0 Å². The van der Waals surface area contributed by atoms with Crippen molar-refractivity contribution in [3.63, 3.8) is 0 Å². The predicted octanol–water partition coefficient (Wildman–Crippen LogP) is 1.31. The summed E-state index contributed by atoms with van der Waals surface area (Å²) in [6.07, 6.45) is 0. The van der Waals surface area contributed by atoms with Crippen LogP contribution in [0.4, 0.5) is 6.01 Å². The van der Waals surface area contributed by atoms with Crippen LogP contribution in [0.15, 0.2) is 4.42 Å². The van der Waals surface area contributed by atoms with E-state index in [2.05, 4.69) is 41.6 Å². The summed E-state index contributed by atoms with van der Waals surface area (Å²) in [5.41, 5.74) is -0.0176. The maximum atomic E-state index is 11.8. The average Bonchev–Trinajstić information content (AvgIpc) is 2.80. The number of nitrogens with zero attached hydrogens (tertiary/aromatic N) is 3. The number of anilines is 1. The molecule has 120 valence electrons. The summed E-state index contributed by atoms with van der Waals surface area (Å²) in [4.78, 5) is 13.6. The molecule has 0 bridgehead atoms. The lowest BCUT2D eigenvalue weighted by Gasteiger charge is -2.19. The standard InChI is InChI=1S/C14H27N5O2/c1-7-19(9-11(20)16-10(2)3)13-18-17-12(21-13)8-15-14(4,5)6/h10,15H,7-9H2,1-6H3,(H,16,20). The van der Waals surface area contributed by atoms with Crippen LogP contribution in [0.3, 0.4) is 0 Å². The van der Waals surface area contributed by atoms with E-state index in [1.807, 2.05) is 20.8 Å². The highest BCUT2D eigenvalue weighted by molar-refractivity contribution is 5.80. The van der Waals surface area contributed by atoms with Crippen LogP contribution in [0.25, 0.3) is 0 Å². The van der Waals surface area contributed by atoms with E-state index in [1.165, 1.54) is 0 Å². The van der Waals surface area contributed by atoms with Gasteiger partial charge in [-0.3, -0.25) is 4.79 Å². The second-order valence-corrected chi connectivity index (χ2v) is 6.32. The van der Waals surface area contributed by atoms with Gasteiger partial charge in [-0.2, -0.15) is 0 Å². The lowest BCUT2D eigenvalue weighted by Crippen LogP contribution is -2.40. The third-order valence-electron chi connectivity index (χ3n) is 2.66.